The fourth-order valence-corrected chi connectivity index (χ4v) is 2.10. The van der Waals surface area contributed by atoms with Crippen molar-refractivity contribution >= 4 is 22.8 Å². The summed E-state index contributed by atoms with van der Waals surface area (Å²) in [5.41, 5.74) is 0.456. The van der Waals surface area contributed by atoms with Gasteiger partial charge in [0.05, 0.1) is 6.42 Å². The number of carbonyl (C=O) groups excluding carboxylic acids is 2. The van der Waals surface area contributed by atoms with Crippen molar-refractivity contribution in [3.8, 4) is 5.75 Å². The van der Waals surface area contributed by atoms with Crippen molar-refractivity contribution in [1.29, 1.82) is 0 Å². The molecule has 1 aromatic heterocycles. The number of benzene rings is 1. The molecule has 0 atom stereocenters. The van der Waals surface area contributed by atoms with E-state index in [2.05, 4.69) is 5.32 Å². The van der Waals surface area contributed by atoms with Crippen molar-refractivity contribution in [3.05, 3.63) is 39.7 Å². The van der Waals surface area contributed by atoms with Crippen LogP contribution in [0.1, 0.15) is 17.5 Å². The van der Waals surface area contributed by atoms with Gasteiger partial charge in [0.25, 0.3) is 0 Å². The minimum atomic E-state index is -1.25. The van der Waals surface area contributed by atoms with Gasteiger partial charge in [-0.15, -0.1) is 0 Å². The zero-order valence-electron chi connectivity index (χ0n) is 11.8. The molecule has 0 fully saturated rings. The minimum Gasteiger partial charge on any atom is -0.550 e. The van der Waals surface area contributed by atoms with Crippen molar-refractivity contribution in [3.63, 3.8) is 0 Å². The van der Waals surface area contributed by atoms with E-state index in [4.69, 9.17) is 4.42 Å². The summed E-state index contributed by atoms with van der Waals surface area (Å²) in [4.78, 5) is 33.7. The van der Waals surface area contributed by atoms with Crippen molar-refractivity contribution in [1.82, 2.24) is 5.32 Å². The van der Waals surface area contributed by atoms with Crippen molar-refractivity contribution in [2.24, 2.45) is 0 Å². The normalized spacial score (nSPS) is 10.6. The molecule has 0 spiro atoms. The average molecular weight is 304 g/mol. The van der Waals surface area contributed by atoms with Gasteiger partial charge < -0.3 is 24.7 Å². The number of hydrogen-bond donors (Lipinski definition) is 2. The van der Waals surface area contributed by atoms with E-state index in [1.807, 2.05) is 0 Å². The van der Waals surface area contributed by atoms with Crippen molar-refractivity contribution in [2.45, 2.75) is 19.8 Å². The Kier molecular flexibility index (Phi) is 4.45. The maximum absolute atomic E-state index is 11.8. The molecule has 1 aromatic carbocycles. The molecule has 116 valence electrons. The summed E-state index contributed by atoms with van der Waals surface area (Å²) >= 11 is 0. The lowest BCUT2D eigenvalue weighted by Gasteiger charge is -2.09. The van der Waals surface area contributed by atoms with Crippen LogP contribution in [0, 0.1) is 6.92 Å². The SMILES string of the molecule is Cc1c(O)ccc2c(CC(=O)NCCC(=O)[O-])cc(=O)oc12. The van der Waals surface area contributed by atoms with Crippen molar-refractivity contribution in [2.75, 3.05) is 6.54 Å². The Bertz CT molecular complexity index is 792. The largest absolute Gasteiger partial charge is 0.550 e. The zero-order valence-corrected chi connectivity index (χ0v) is 11.8. The smallest absolute Gasteiger partial charge is 0.336 e. The molecule has 22 heavy (non-hydrogen) atoms. The highest BCUT2D eigenvalue weighted by atomic mass is 16.4. The molecule has 1 heterocycles. The lowest BCUT2D eigenvalue weighted by Crippen LogP contribution is -2.31. The van der Waals surface area contributed by atoms with Crippen LogP contribution in [0.5, 0.6) is 5.75 Å². The van der Waals surface area contributed by atoms with Crippen molar-refractivity contribution < 1.29 is 24.2 Å². The van der Waals surface area contributed by atoms with E-state index in [1.165, 1.54) is 12.1 Å². The lowest BCUT2D eigenvalue weighted by molar-refractivity contribution is -0.305. The highest BCUT2D eigenvalue weighted by Crippen LogP contribution is 2.27. The van der Waals surface area contributed by atoms with Crippen LogP contribution in [0.25, 0.3) is 11.0 Å². The Morgan fingerprint density at radius 3 is 2.77 bits per heavy atom. The van der Waals surface area contributed by atoms with Crippen LogP contribution >= 0.6 is 0 Å². The molecule has 0 saturated heterocycles. The first-order chi connectivity index (χ1) is 10.4. The monoisotopic (exact) mass is 304 g/mol. The number of amides is 1. The number of phenols is 1. The number of fused-ring (bicyclic) bond motifs is 1. The van der Waals surface area contributed by atoms with Gasteiger partial charge in [0.15, 0.2) is 0 Å². The summed E-state index contributed by atoms with van der Waals surface area (Å²) in [6.45, 7) is 1.56. The predicted octanol–water partition coefficient (Wildman–Crippen LogP) is -0.394. The van der Waals surface area contributed by atoms with E-state index in [-0.39, 0.29) is 30.7 Å². The van der Waals surface area contributed by atoms with E-state index < -0.39 is 17.5 Å². The summed E-state index contributed by atoms with van der Waals surface area (Å²) in [5, 5.41) is 22.9. The molecular formula is C15H14NO6-. The molecule has 0 aliphatic carbocycles. The van der Waals surface area contributed by atoms with E-state index in [9.17, 15) is 24.6 Å². The molecule has 7 nitrogen and oxygen atoms in total. The number of carboxylic acid groups (broad SMARTS) is 1. The van der Waals surface area contributed by atoms with Gasteiger partial charge in [-0.3, -0.25) is 4.79 Å². The Morgan fingerprint density at radius 1 is 1.36 bits per heavy atom. The summed E-state index contributed by atoms with van der Waals surface area (Å²) in [5.74, 6) is -1.68. The number of phenolic OH excluding ortho intramolecular Hbond substituents is 1. The quantitative estimate of drug-likeness (QED) is 0.726. The highest BCUT2D eigenvalue weighted by Gasteiger charge is 2.13. The number of hydrogen-bond acceptors (Lipinski definition) is 6. The minimum absolute atomic E-state index is 0.00814. The summed E-state index contributed by atoms with van der Waals surface area (Å²) in [6.07, 6.45) is -0.379. The number of aliphatic carboxylic acids is 1. The number of rotatable bonds is 5. The Hall–Kier alpha value is -2.83. The van der Waals surface area contributed by atoms with Gasteiger partial charge in [0, 0.05) is 36.0 Å². The topological polar surface area (TPSA) is 120 Å². The molecule has 7 heteroatoms. The Balaban J connectivity index is 2.28. The van der Waals surface area contributed by atoms with Crippen LogP contribution in [0.4, 0.5) is 0 Å². The molecule has 2 N–H and O–H groups in total. The second kappa shape index (κ2) is 6.30. The molecule has 0 bridgehead atoms. The second-order valence-electron chi connectivity index (χ2n) is 4.83. The fourth-order valence-electron chi connectivity index (χ4n) is 2.10. The maximum Gasteiger partial charge on any atom is 0.336 e. The van der Waals surface area contributed by atoms with E-state index >= 15 is 0 Å². The molecule has 0 unspecified atom stereocenters. The summed E-state index contributed by atoms with van der Waals surface area (Å²) < 4.78 is 5.07. The number of carbonyl (C=O) groups is 2. The zero-order chi connectivity index (χ0) is 16.3. The summed E-state index contributed by atoms with van der Waals surface area (Å²) in [6, 6.07) is 4.22. The molecule has 0 aliphatic heterocycles. The maximum atomic E-state index is 11.8. The van der Waals surface area contributed by atoms with Crippen LogP contribution in [0.2, 0.25) is 0 Å². The first-order valence-electron chi connectivity index (χ1n) is 6.60. The third-order valence-corrected chi connectivity index (χ3v) is 3.22. The van der Waals surface area contributed by atoms with E-state index in [0.29, 0.717) is 16.5 Å². The third-order valence-electron chi connectivity index (χ3n) is 3.22. The van der Waals surface area contributed by atoms with Gasteiger partial charge >= 0.3 is 5.63 Å². The average Bonchev–Trinajstić information content (AvgIpc) is 2.43. The van der Waals surface area contributed by atoms with Crippen LogP contribution in [0.3, 0.4) is 0 Å². The third kappa shape index (κ3) is 3.43. The Labute approximate surface area is 125 Å². The molecule has 2 aromatic rings. The molecule has 0 saturated carbocycles. The van der Waals surface area contributed by atoms with Crippen LogP contribution < -0.4 is 16.0 Å². The first-order valence-corrected chi connectivity index (χ1v) is 6.60. The standard InChI is InChI=1S/C15H15NO6/c1-8-11(17)3-2-10-9(7-14(21)22-15(8)10)6-12(18)16-5-4-13(19)20/h2-3,7,17H,4-6H2,1H3,(H,16,18)(H,19,20)/p-1. The highest BCUT2D eigenvalue weighted by molar-refractivity contribution is 5.89. The Morgan fingerprint density at radius 2 is 2.09 bits per heavy atom. The second-order valence-corrected chi connectivity index (χ2v) is 4.83. The van der Waals surface area contributed by atoms with Crippen LogP contribution in [0.15, 0.2) is 27.4 Å². The van der Waals surface area contributed by atoms with Crippen LogP contribution in [-0.2, 0) is 16.0 Å². The van der Waals surface area contributed by atoms with Crippen LogP contribution in [-0.4, -0.2) is 23.5 Å². The first kappa shape index (κ1) is 15.6. The lowest BCUT2D eigenvalue weighted by atomic mass is 10.0. The molecule has 0 aliphatic rings. The van der Waals surface area contributed by atoms with Gasteiger partial charge in [0.2, 0.25) is 5.91 Å². The number of nitrogens with one attached hydrogen (secondary N) is 1. The molecular weight excluding hydrogens is 290 g/mol. The number of aryl methyl sites for hydroxylation is 1. The van der Waals surface area contributed by atoms with E-state index in [1.54, 1.807) is 13.0 Å². The van der Waals surface area contributed by atoms with Gasteiger partial charge in [-0.2, -0.15) is 0 Å². The molecule has 2 rings (SSSR count). The number of aromatic hydroxyl groups is 1. The number of carboxylic acids is 1. The molecule has 1 amide bonds. The van der Waals surface area contributed by atoms with E-state index in [0.717, 1.165) is 0 Å². The molecule has 0 radical (unpaired) electrons. The summed E-state index contributed by atoms with van der Waals surface area (Å²) in [7, 11) is 0. The fraction of sp³-hybridized carbons (Fsp3) is 0.267. The van der Waals surface area contributed by atoms with Gasteiger partial charge in [-0.05, 0) is 24.6 Å². The van der Waals surface area contributed by atoms with Gasteiger partial charge in [-0.25, -0.2) is 4.79 Å². The van der Waals surface area contributed by atoms with Gasteiger partial charge in [-0.1, -0.05) is 0 Å². The van der Waals surface area contributed by atoms with Gasteiger partial charge in [0.1, 0.15) is 11.3 Å². The predicted molar refractivity (Wildman–Crippen MR) is 75.2 cm³/mol.